The minimum atomic E-state index is -0.634. The van der Waals surface area contributed by atoms with E-state index in [9.17, 15) is 14.0 Å². The molecule has 1 aliphatic rings. The Hall–Kier alpha value is -3.39. The largest absolute Gasteiger partial charge is 0.494 e. The average Bonchev–Trinajstić information content (AvgIpc) is 3.27. The summed E-state index contributed by atoms with van der Waals surface area (Å²) in [6, 6.07) is 10.6. The van der Waals surface area contributed by atoms with Crippen LogP contribution in [0.15, 0.2) is 40.9 Å². The van der Waals surface area contributed by atoms with Crippen LogP contribution >= 0.6 is 11.6 Å². The fourth-order valence-electron chi connectivity index (χ4n) is 4.61. The third-order valence-electron chi connectivity index (χ3n) is 6.64. The fraction of sp³-hybridized carbons (Fsp3) is 0.370. The number of rotatable bonds is 7. The Morgan fingerprint density at radius 3 is 2.53 bits per heavy atom. The summed E-state index contributed by atoms with van der Waals surface area (Å²) in [6.07, 6.45) is 2.13. The summed E-state index contributed by atoms with van der Waals surface area (Å²) >= 11 is 6.09. The van der Waals surface area contributed by atoms with Crippen LogP contribution < -0.4 is 10.1 Å². The number of aryl methyl sites for hydroxylation is 2. The van der Waals surface area contributed by atoms with E-state index in [1.54, 1.807) is 6.92 Å². The number of carbonyl (C=O) groups excluding carboxylic acids is 2. The Morgan fingerprint density at radius 1 is 1.19 bits per heavy atom. The van der Waals surface area contributed by atoms with Gasteiger partial charge in [0, 0.05) is 29.4 Å². The number of likely N-dealkylation sites (tertiary alicyclic amines) is 1. The van der Waals surface area contributed by atoms with Crippen LogP contribution in [0.3, 0.4) is 0 Å². The Labute approximate surface area is 214 Å². The van der Waals surface area contributed by atoms with E-state index in [1.165, 1.54) is 19.2 Å². The number of anilines is 1. The van der Waals surface area contributed by atoms with Gasteiger partial charge in [-0.05, 0) is 61.9 Å². The van der Waals surface area contributed by atoms with Crippen LogP contribution in [-0.4, -0.2) is 42.1 Å². The number of halogens is 2. The molecular formula is C27H29ClFN3O4. The Kier molecular flexibility index (Phi) is 7.94. The molecule has 0 atom stereocenters. The number of nitrogens with zero attached hydrogens (tertiary/aromatic N) is 2. The second-order valence-electron chi connectivity index (χ2n) is 8.87. The maximum absolute atomic E-state index is 14.5. The van der Waals surface area contributed by atoms with Crippen LogP contribution in [0.1, 0.15) is 58.6 Å². The molecule has 1 fully saturated rings. The van der Waals surface area contributed by atoms with Gasteiger partial charge in [-0.3, -0.25) is 9.59 Å². The van der Waals surface area contributed by atoms with E-state index < -0.39 is 5.82 Å². The second kappa shape index (κ2) is 11.1. The van der Waals surface area contributed by atoms with E-state index in [4.69, 9.17) is 20.9 Å². The molecule has 0 aliphatic carbocycles. The van der Waals surface area contributed by atoms with Gasteiger partial charge in [0.15, 0.2) is 11.6 Å². The third-order valence-corrected chi connectivity index (χ3v) is 6.99. The molecular weight excluding hydrogens is 485 g/mol. The zero-order chi connectivity index (χ0) is 25.8. The number of hydrogen-bond acceptors (Lipinski definition) is 5. The molecule has 2 amide bonds. The predicted molar refractivity (Wildman–Crippen MR) is 135 cm³/mol. The first-order chi connectivity index (χ1) is 17.3. The summed E-state index contributed by atoms with van der Waals surface area (Å²) in [5, 5.41) is 6.97. The lowest BCUT2D eigenvalue weighted by Crippen LogP contribution is -2.38. The predicted octanol–water partition coefficient (Wildman–Crippen LogP) is 5.55. The molecule has 7 nitrogen and oxygen atoms in total. The molecule has 0 unspecified atom stereocenters. The normalized spacial score (nSPS) is 14.1. The maximum atomic E-state index is 14.5. The number of methoxy groups -OCH3 is 1. The van der Waals surface area contributed by atoms with Crippen molar-refractivity contribution in [3.8, 4) is 5.75 Å². The zero-order valence-electron chi connectivity index (χ0n) is 20.6. The average molecular weight is 514 g/mol. The van der Waals surface area contributed by atoms with Gasteiger partial charge in [-0.25, -0.2) is 4.39 Å². The highest BCUT2D eigenvalue weighted by Crippen LogP contribution is 2.31. The summed E-state index contributed by atoms with van der Waals surface area (Å²) < 4.78 is 24.7. The van der Waals surface area contributed by atoms with Gasteiger partial charge in [-0.15, -0.1) is 0 Å². The first kappa shape index (κ1) is 25.7. The topological polar surface area (TPSA) is 84.7 Å². The van der Waals surface area contributed by atoms with Gasteiger partial charge in [0.25, 0.3) is 5.91 Å². The molecule has 3 aromatic rings. The molecule has 0 radical (unpaired) electrons. The van der Waals surface area contributed by atoms with E-state index in [2.05, 4.69) is 10.5 Å². The number of piperidine rings is 1. The molecule has 1 N–H and O–H groups in total. The summed E-state index contributed by atoms with van der Waals surface area (Å²) in [6.45, 7) is 5.04. The van der Waals surface area contributed by atoms with Gasteiger partial charge in [-0.1, -0.05) is 35.8 Å². The summed E-state index contributed by atoms with van der Waals surface area (Å²) in [5.41, 5.74) is 3.15. The molecule has 9 heteroatoms. The minimum absolute atomic E-state index is 0.0188. The lowest BCUT2D eigenvalue weighted by Gasteiger charge is -2.32. The van der Waals surface area contributed by atoms with Crippen molar-refractivity contribution >= 4 is 29.1 Å². The van der Waals surface area contributed by atoms with E-state index >= 15 is 0 Å². The van der Waals surface area contributed by atoms with Crippen LogP contribution in [-0.2, 0) is 17.6 Å². The van der Waals surface area contributed by atoms with E-state index in [1.807, 2.05) is 36.1 Å². The van der Waals surface area contributed by atoms with Gasteiger partial charge >= 0.3 is 0 Å². The molecule has 0 saturated carbocycles. The SMILES string of the molecule is CCc1noc(C)c1C(=O)N1CCC(c2ccc(NC(=O)Cc3c(Cl)ccc(OC)c3F)cc2)CC1. The van der Waals surface area contributed by atoms with Gasteiger partial charge in [0.1, 0.15) is 11.3 Å². The van der Waals surface area contributed by atoms with Gasteiger partial charge in [-0.2, -0.15) is 0 Å². The Morgan fingerprint density at radius 2 is 1.89 bits per heavy atom. The van der Waals surface area contributed by atoms with Crippen LogP contribution in [0.4, 0.5) is 10.1 Å². The monoisotopic (exact) mass is 513 g/mol. The molecule has 0 spiro atoms. The smallest absolute Gasteiger partial charge is 0.259 e. The molecule has 1 aromatic heterocycles. The first-order valence-electron chi connectivity index (χ1n) is 12.0. The van der Waals surface area contributed by atoms with Crippen molar-refractivity contribution in [2.45, 2.75) is 45.4 Å². The molecule has 1 aliphatic heterocycles. The number of benzene rings is 2. The van der Waals surface area contributed by atoms with Crippen LogP contribution in [0.25, 0.3) is 0 Å². The molecule has 36 heavy (non-hydrogen) atoms. The summed E-state index contributed by atoms with van der Waals surface area (Å²) in [5.74, 6) is -0.105. The number of hydrogen-bond donors (Lipinski definition) is 1. The molecule has 2 heterocycles. The molecule has 1 saturated heterocycles. The van der Waals surface area contributed by atoms with Crippen molar-refractivity contribution in [3.05, 3.63) is 75.4 Å². The minimum Gasteiger partial charge on any atom is -0.494 e. The standard InChI is InChI=1S/C27H29ClFN3O4/c1-4-22-25(16(2)36-31-22)27(34)32-13-11-18(12-14-32)17-5-7-19(8-6-17)30-24(33)15-20-21(28)9-10-23(35-3)26(20)29/h5-10,18H,4,11-15H2,1-3H3,(H,30,33). The fourth-order valence-corrected chi connectivity index (χ4v) is 4.82. The quantitative estimate of drug-likeness (QED) is 0.448. The first-order valence-corrected chi connectivity index (χ1v) is 12.3. The zero-order valence-corrected chi connectivity index (χ0v) is 21.3. The highest BCUT2D eigenvalue weighted by molar-refractivity contribution is 6.31. The maximum Gasteiger partial charge on any atom is 0.259 e. The van der Waals surface area contributed by atoms with Crippen LogP contribution in [0.5, 0.6) is 5.75 Å². The van der Waals surface area contributed by atoms with Crippen molar-refractivity contribution in [2.75, 3.05) is 25.5 Å². The number of carbonyl (C=O) groups is 2. The van der Waals surface area contributed by atoms with Gasteiger partial charge in [0.05, 0.1) is 19.2 Å². The van der Waals surface area contributed by atoms with E-state index in [0.717, 1.165) is 18.4 Å². The summed E-state index contributed by atoms with van der Waals surface area (Å²) in [7, 11) is 1.36. The van der Waals surface area contributed by atoms with Gasteiger partial charge in [0.2, 0.25) is 5.91 Å². The molecule has 4 rings (SSSR count). The van der Waals surface area contributed by atoms with Crippen molar-refractivity contribution in [3.63, 3.8) is 0 Å². The highest BCUT2D eigenvalue weighted by atomic mass is 35.5. The lowest BCUT2D eigenvalue weighted by atomic mass is 9.89. The van der Waals surface area contributed by atoms with Crippen LogP contribution in [0.2, 0.25) is 5.02 Å². The van der Waals surface area contributed by atoms with Crippen molar-refractivity contribution < 1.29 is 23.2 Å². The lowest BCUT2D eigenvalue weighted by molar-refractivity contribution is -0.115. The number of amides is 2. The number of nitrogens with one attached hydrogen (secondary N) is 1. The highest BCUT2D eigenvalue weighted by Gasteiger charge is 2.28. The van der Waals surface area contributed by atoms with Crippen molar-refractivity contribution in [1.82, 2.24) is 10.1 Å². The van der Waals surface area contributed by atoms with Gasteiger partial charge < -0.3 is 19.5 Å². The van der Waals surface area contributed by atoms with Crippen LogP contribution in [0, 0.1) is 12.7 Å². The molecule has 2 aromatic carbocycles. The Bertz CT molecular complexity index is 1250. The van der Waals surface area contributed by atoms with Crippen molar-refractivity contribution in [2.24, 2.45) is 0 Å². The molecule has 0 bridgehead atoms. The Balaban J connectivity index is 1.34. The third kappa shape index (κ3) is 5.38. The number of aromatic nitrogens is 1. The summed E-state index contributed by atoms with van der Waals surface area (Å²) in [4.78, 5) is 27.4. The second-order valence-corrected chi connectivity index (χ2v) is 9.28. The molecule has 190 valence electrons. The van der Waals surface area contributed by atoms with E-state index in [-0.39, 0.29) is 34.6 Å². The number of ether oxygens (including phenoxy) is 1. The van der Waals surface area contributed by atoms with E-state index in [0.29, 0.717) is 48.1 Å². The van der Waals surface area contributed by atoms with Crippen molar-refractivity contribution in [1.29, 1.82) is 0 Å².